The van der Waals surface area contributed by atoms with Crippen LogP contribution in [-0.2, 0) is 18.3 Å². The lowest BCUT2D eigenvalue weighted by atomic mass is 10.1. The van der Waals surface area contributed by atoms with E-state index in [4.69, 9.17) is 4.74 Å². The van der Waals surface area contributed by atoms with Crippen LogP contribution < -0.4 is 4.74 Å². The molecule has 1 saturated heterocycles. The fraction of sp³-hybridized carbons (Fsp3) is 0.444. The summed E-state index contributed by atoms with van der Waals surface area (Å²) in [6.45, 7) is 4.29. The molecule has 2 aromatic rings. The van der Waals surface area contributed by atoms with E-state index in [0.717, 1.165) is 17.0 Å². The highest BCUT2D eigenvalue weighted by Gasteiger charge is 2.36. The largest absolute Gasteiger partial charge is 0.486 e. The number of benzene rings is 1. The third kappa shape index (κ3) is 3.66. The summed E-state index contributed by atoms with van der Waals surface area (Å²) >= 11 is 0. The molecule has 134 valence electrons. The molecule has 1 N–H and O–H groups in total. The first kappa shape index (κ1) is 17.4. The van der Waals surface area contributed by atoms with Gasteiger partial charge < -0.3 is 14.7 Å². The number of aliphatic hydroxyl groups is 1. The monoisotopic (exact) mass is 347 g/mol. The van der Waals surface area contributed by atoms with E-state index in [1.165, 1.54) is 12.1 Å². The van der Waals surface area contributed by atoms with Crippen LogP contribution in [0.25, 0.3) is 0 Å². The highest BCUT2D eigenvalue weighted by molar-refractivity contribution is 5.79. The first-order valence-corrected chi connectivity index (χ1v) is 8.22. The lowest BCUT2D eigenvalue weighted by Gasteiger charge is -2.17. The second-order valence-corrected chi connectivity index (χ2v) is 6.43. The molecular formula is C18H22FN3O3. The number of likely N-dealkylation sites (tertiary alicyclic amines) is 1. The van der Waals surface area contributed by atoms with Gasteiger partial charge in [-0.1, -0.05) is 6.07 Å². The molecular weight excluding hydrogens is 325 g/mol. The van der Waals surface area contributed by atoms with Crippen molar-refractivity contribution in [1.29, 1.82) is 0 Å². The van der Waals surface area contributed by atoms with Crippen LogP contribution in [0.5, 0.6) is 5.75 Å². The van der Waals surface area contributed by atoms with E-state index in [1.807, 2.05) is 20.9 Å². The van der Waals surface area contributed by atoms with Crippen LogP contribution >= 0.6 is 0 Å². The molecule has 1 aliphatic heterocycles. The Morgan fingerprint density at radius 3 is 2.80 bits per heavy atom. The van der Waals surface area contributed by atoms with Gasteiger partial charge in [-0.3, -0.25) is 9.48 Å². The molecule has 1 aromatic carbocycles. The number of carbonyl (C=O) groups is 1. The van der Waals surface area contributed by atoms with Crippen LogP contribution in [0.4, 0.5) is 4.39 Å². The minimum atomic E-state index is -0.802. The number of aromatic nitrogens is 2. The standard InChI is InChI=1S/C18H22FN3O3/c1-11-15(12(2)21(3)20-11)8-18(24)22-9-16(23)17(10-22)25-14-6-4-5-13(19)7-14/h4-7,16-17,23H,8-10H2,1-3H3/t16-,17-/m1/s1. The van der Waals surface area contributed by atoms with E-state index in [1.54, 1.807) is 21.7 Å². The molecule has 1 aliphatic rings. The molecule has 2 heterocycles. The van der Waals surface area contributed by atoms with Gasteiger partial charge in [0.1, 0.15) is 23.8 Å². The number of aliphatic hydroxyl groups excluding tert-OH is 1. The van der Waals surface area contributed by atoms with E-state index < -0.39 is 18.0 Å². The number of rotatable bonds is 4. The van der Waals surface area contributed by atoms with E-state index in [0.29, 0.717) is 5.75 Å². The zero-order valence-corrected chi connectivity index (χ0v) is 14.6. The Morgan fingerprint density at radius 2 is 2.16 bits per heavy atom. The van der Waals surface area contributed by atoms with Crippen LogP contribution in [0.15, 0.2) is 24.3 Å². The van der Waals surface area contributed by atoms with Crippen molar-refractivity contribution < 1.29 is 19.0 Å². The number of hydrogen-bond acceptors (Lipinski definition) is 4. The minimum absolute atomic E-state index is 0.0800. The van der Waals surface area contributed by atoms with Crippen LogP contribution in [0.1, 0.15) is 17.0 Å². The Labute approximate surface area is 145 Å². The maximum atomic E-state index is 13.2. The smallest absolute Gasteiger partial charge is 0.227 e. The van der Waals surface area contributed by atoms with Gasteiger partial charge in [0.2, 0.25) is 5.91 Å². The van der Waals surface area contributed by atoms with Gasteiger partial charge in [-0.05, 0) is 26.0 Å². The number of ether oxygens (including phenoxy) is 1. The molecule has 0 unspecified atom stereocenters. The second-order valence-electron chi connectivity index (χ2n) is 6.43. The molecule has 1 aromatic heterocycles. The minimum Gasteiger partial charge on any atom is -0.486 e. The van der Waals surface area contributed by atoms with Gasteiger partial charge in [-0.2, -0.15) is 5.10 Å². The molecule has 0 bridgehead atoms. The van der Waals surface area contributed by atoms with E-state index in [9.17, 15) is 14.3 Å². The predicted molar refractivity (Wildman–Crippen MR) is 89.8 cm³/mol. The van der Waals surface area contributed by atoms with Crippen molar-refractivity contribution in [2.75, 3.05) is 13.1 Å². The summed E-state index contributed by atoms with van der Waals surface area (Å²) in [6.07, 6.45) is -1.13. The van der Waals surface area contributed by atoms with Crippen LogP contribution in [0, 0.1) is 19.7 Å². The number of aryl methyl sites for hydroxylation is 2. The van der Waals surface area contributed by atoms with E-state index in [-0.39, 0.29) is 25.4 Å². The third-order valence-electron chi connectivity index (χ3n) is 4.66. The van der Waals surface area contributed by atoms with Crippen LogP contribution in [-0.4, -0.2) is 51.0 Å². The van der Waals surface area contributed by atoms with Crippen LogP contribution in [0.2, 0.25) is 0 Å². The molecule has 7 heteroatoms. The highest BCUT2D eigenvalue weighted by Crippen LogP contribution is 2.21. The average molecular weight is 347 g/mol. The summed E-state index contributed by atoms with van der Waals surface area (Å²) < 4.78 is 20.7. The first-order chi connectivity index (χ1) is 11.8. The summed E-state index contributed by atoms with van der Waals surface area (Å²) in [6, 6.07) is 5.76. The summed E-state index contributed by atoms with van der Waals surface area (Å²) in [5.41, 5.74) is 2.70. The van der Waals surface area contributed by atoms with Gasteiger partial charge in [-0.15, -0.1) is 0 Å². The average Bonchev–Trinajstić information content (AvgIpc) is 3.02. The van der Waals surface area contributed by atoms with Gasteiger partial charge in [0.05, 0.1) is 25.2 Å². The molecule has 1 amide bonds. The van der Waals surface area contributed by atoms with Crippen molar-refractivity contribution in [2.24, 2.45) is 7.05 Å². The topological polar surface area (TPSA) is 67.6 Å². The van der Waals surface area contributed by atoms with Crippen LogP contribution in [0.3, 0.4) is 0 Å². The van der Waals surface area contributed by atoms with Crippen molar-refractivity contribution >= 4 is 5.91 Å². The van der Waals surface area contributed by atoms with Crippen molar-refractivity contribution in [3.8, 4) is 5.75 Å². The quantitative estimate of drug-likeness (QED) is 0.907. The SMILES string of the molecule is Cc1nn(C)c(C)c1CC(=O)N1C[C@@H](O)[C@H](Oc2cccc(F)c2)C1. The molecule has 3 rings (SSSR count). The first-order valence-electron chi connectivity index (χ1n) is 8.22. The molecule has 2 atom stereocenters. The molecule has 0 aliphatic carbocycles. The maximum absolute atomic E-state index is 13.2. The van der Waals surface area contributed by atoms with E-state index >= 15 is 0 Å². The Hall–Kier alpha value is -2.41. The summed E-state index contributed by atoms with van der Waals surface area (Å²) in [5, 5.41) is 14.5. The Kier molecular flexibility index (Phi) is 4.76. The number of carbonyl (C=O) groups excluding carboxylic acids is 1. The Balaban J connectivity index is 1.65. The Bertz CT molecular complexity index is 790. The summed E-state index contributed by atoms with van der Waals surface area (Å²) in [7, 11) is 1.85. The molecule has 0 spiro atoms. The predicted octanol–water partition coefficient (Wildman–Crippen LogP) is 1.37. The molecule has 6 nitrogen and oxygen atoms in total. The normalized spacial score (nSPS) is 20.1. The third-order valence-corrected chi connectivity index (χ3v) is 4.66. The second kappa shape index (κ2) is 6.84. The molecule has 0 saturated carbocycles. The molecule has 25 heavy (non-hydrogen) atoms. The van der Waals surface area contributed by atoms with Crippen molar-refractivity contribution in [3.05, 3.63) is 47.0 Å². The fourth-order valence-electron chi connectivity index (χ4n) is 3.13. The van der Waals surface area contributed by atoms with Gasteiger partial charge in [0.25, 0.3) is 0 Å². The van der Waals surface area contributed by atoms with Crippen molar-refractivity contribution in [1.82, 2.24) is 14.7 Å². The maximum Gasteiger partial charge on any atom is 0.227 e. The Morgan fingerprint density at radius 1 is 1.40 bits per heavy atom. The van der Waals surface area contributed by atoms with Gasteiger partial charge in [0.15, 0.2) is 0 Å². The van der Waals surface area contributed by atoms with Gasteiger partial charge in [-0.25, -0.2) is 4.39 Å². The van der Waals surface area contributed by atoms with Crippen molar-refractivity contribution in [3.63, 3.8) is 0 Å². The van der Waals surface area contributed by atoms with Gasteiger partial charge in [0, 0.05) is 24.4 Å². The zero-order valence-electron chi connectivity index (χ0n) is 14.6. The summed E-state index contributed by atoms with van der Waals surface area (Å²) in [5.74, 6) is -0.138. The lowest BCUT2D eigenvalue weighted by molar-refractivity contribution is -0.129. The number of hydrogen-bond donors (Lipinski definition) is 1. The number of β-amino-alcohol motifs (C(OH)–C–C–N with tert-alkyl or cyclic N) is 1. The number of halogens is 1. The fourth-order valence-corrected chi connectivity index (χ4v) is 3.13. The highest BCUT2D eigenvalue weighted by atomic mass is 19.1. The number of nitrogens with zero attached hydrogens (tertiary/aromatic N) is 3. The zero-order chi connectivity index (χ0) is 18.1. The summed E-state index contributed by atoms with van der Waals surface area (Å²) in [4.78, 5) is 14.2. The lowest BCUT2D eigenvalue weighted by Crippen LogP contribution is -2.32. The van der Waals surface area contributed by atoms with E-state index in [2.05, 4.69) is 5.10 Å². The van der Waals surface area contributed by atoms with Crippen molar-refractivity contribution in [2.45, 2.75) is 32.5 Å². The number of amides is 1. The van der Waals surface area contributed by atoms with Gasteiger partial charge >= 0.3 is 0 Å². The molecule has 1 fully saturated rings. The molecule has 0 radical (unpaired) electrons.